The summed E-state index contributed by atoms with van der Waals surface area (Å²) in [7, 11) is 3.21. The van der Waals surface area contributed by atoms with Gasteiger partial charge in [0.15, 0.2) is 0 Å². The standard InChI is InChI=1S/C8H20N2O.ClHO4/c1-8(9(2)3)6-7-11-10(4)5;2-1(3,4)5/h8H,6-7H2,1-5H3;(H,2,3,4,5). The van der Waals surface area contributed by atoms with E-state index in [4.69, 9.17) is 23.5 Å². The van der Waals surface area contributed by atoms with Crippen LogP contribution in [0.4, 0.5) is 0 Å². The molecule has 1 N–H and O–H groups in total. The van der Waals surface area contributed by atoms with Crippen LogP contribution in [0, 0.1) is 10.2 Å². The van der Waals surface area contributed by atoms with Crippen molar-refractivity contribution in [3.8, 4) is 0 Å². The van der Waals surface area contributed by atoms with Gasteiger partial charge in [0.05, 0.1) is 14.1 Å². The minimum absolute atomic E-state index is 0.606. The molecule has 0 saturated carbocycles. The molecule has 0 aromatic carbocycles. The Kier molecular flexibility index (Phi) is 10.4. The lowest BCUT2D eigenvalue weighted by Gasteiger charge is -2.19. The topological polar surface area (TPSA) is 109 Å². The second-order valence-corrected chi connectivity index (χ2v) is 4.49. The van der Waals surface area contributed by atoms with Gasteiger partial charge in [-0.1, -0.05) is 0 Å². The molecule has 16 heavy (non-hydrogen) atoms. The fraction of sp³-hybridized carbons (Fsp3) is 1.00. The van der Waals surface area contributed by atoms with Gasteiger partial charge in [0, 0.05) is 6.04 Å². The minimum Gasteiger partial charge on any atom is -0.307 e. The van der Waals surface area contributed by atoms with Crippen LogP contribution in [0.15, 0.2) is 0 Å². The first-order chi connectivity index (χ1) is 7.04. The molecule has 1 unspecified atom stereocenters. The van der Waals surface area contributed by atoms with E-state index in [2.05, 4.69) is 25.9 Å². The van der Waals surface area contributed by atoms with E-state index in [9.17, 15) is 0 Å². The zero-order valence-electron chi connectivity index (χ0n) is 10.4. The predicted molar refractivity (Wildman–Crippen MR) is 46.5 cm³/mol. The Labute approximate surface area is 98.5 Å². The first kappa shape index (κ1) is 18.4. The van der Waals surface area contributed by atoms with E-state index in [0.717, 1.165) is 18.1 Å². The average Bonchev–Trinajstić information content (AvgIpc) is 1.99. The van der Waals surface area contributed by atoms with Crippen molar-refractivity contribution < 1.29 is 38.8 Å². The lowest BCUT2D eigenvalue weighted by Crippen LogP contribution is -3.04. The van der Waals surface area contributed by atoms with Crippen LogP contribution in [0.3, 0.4) is 0 Å². The van der Waals surface area contributed by atoms with Gasteiger partial charge in [-0.25, -0.2) is 23.5 Å². The molecule has 100 valence electrons. The monoisotopic (exact) mass is 260 g/mol. The fourth-order valence-corrected chi connectivity index (χ4v) is 0.692. The van der Waals surface area contributed by atoms with E-state index in [1.807, 2.05) is 14.1 Å². The van der Waals surface area contributed by atoms with Gasteiger partial charge in [-0.3, -0.25) is 0 Å². The van der Waals surface area contributed by atoms with Gasteiger partial charge in [-0.15, -0.1) is 10.2 Å². The van der Waals surface area contributed by atoms with Crippen LogP contribution in [-0.2, 0) is 4.84 Å². The molecule has 0 bridgehead atoms. The van der Waals surface area contributed by atoms with Crippen molar-refractivity contribution >= 4 is 0 Å². The Balaban J connectivity index is 0. The molecule has 0 aliphatic carbocycles. The molecule has 0 radical (unpaired) electrons. The average molecular weight is 261 g/mol. The molecule has 1 atom stereocenters. The Morgan fingerprint density at radius 1 is 1.19 bits per heavy atom. The lowest BCUT2D eigenvalue weighted by molar-refractivity contribution is -2.00. The van der Waals surface area contributed by atoms with Gasteiger partial charge in [0.25, 0.3) is 0 Å². The third kappa shape index (κ3) is 23.7. The number of nitrogens with one attached hydrogen (secondary N) is 1. The van der Waals surface area contributed by atoms with Crippen molar-refractivity contribution in [1.29, 1.82) is 0 Å². The van der Waals surface area contributed by atoms with E-state index in [1.54, 1.807) is 0 Å². The van der Waals surface area contributed by atoms with Crippen LogP contribution >= 0.6 is 0 Å². The smallest absolute Gasteiger partial charge is 0.108 e. The summed E-state index contributed by atoms with van der Waals surface area (Å²) < 4.78 is 34.0. The fourth-order valence-electron chi connectivity index (χ4n) is 0.692. The molecule has 0 aromatic rings. The zero-order chi connectivity index (χ0) is 13.4. The van der Waals surface area contributed by atoms with E-state index < -0.39 is 10.2 Å². The quantitative estimate of drug-likeness (QED) is 0.495. The molecule has 0 saturated heterocycles. The number of hydrogen-bond acceptors (Lipinski definition) is 6. The molecule has 0 fully saturated rings. The molecule has 0 aromatic heterocycles. The highest BCUT2D eigenvalue weighted by Gasteiger charge is 2.04. The number of hydrogen-bond donors (Lipinski definition) is 1. The Morgan fingerprint density at radius 3 is 1.81 bits per heavy atom. The molecule has 0 heterocycles. The molecular weight excluding hydrogens is 240 g/mol. The molecule has 0 aliphatic rings. The second kappa shape index (κ2) is 9.08. The summed E-state index contributed by atoms with van der Waals surface area (Å²) in [5.74, 6) is 0. The largest absolute Gasteiger partial charge is 0.307 e. The second-order valence-electron chi connectivity index (χ2n) is 3.74. The van der Waals surface area contributed by atoms with Crippen LogP contribution in [0.25, 0.3) is 0 Å². The van der Waals surface area contributed by atoms with E-state index in [0.29, 0.717) is 6.04 Å². The van der Waals surface area contributed by atoms with Crippen molar-refractivity contribution in [3.63, 3.8) is 0 Å². The SMILES string of the molecule is CC(CCO[NH+](C)C)N(C)C.[O-][Cl+3]([O-])([O-])[O-]. The van der Waals surface area contributed by atoms with Crippen molar-refractivity contribution in [1.82, 2.24) is 4.90 Å². The van der Waals surface area contributed by atoms with Gasteiger partial charge in [0.1, 0.15) is 6.61 Å². The number of hydroxylamine groups is 2. The molecule has 0 aliphatic heterocycles. The maximum Gasteiger partial charge on any atom is 0.108 e. The summed E-state index contributed by atoms with van der Waals surface area (Å²) in [5, 5.41) is 1.05. The van der Waals surface area contributed by atoms with Crippen molar-refractivity contribution in [2.24, 2.45) is 0 Å². The maximum absolute atomic E-state index is 8.49. The van der Waals surface area contributed by atoms with Crippen molar-refractivity contribution in [3.05, 3.63) is 0 Å². The third-order valence-electron chi connectivity index (χ3n) is 1.81. The Hall–Kier alpha value is 0.01000. The third-order valence-corrected chi connectivity index (χ3v) is 1.81. The van der Waals surface area contributed by atoms with Crippen molar-refractivity contribution in [2.75, 3.05) is 34.8 Å². The normalized spacial score (nSPS) is 13.7. The highest BCUT2D eigenvalue weighted by Crippen LogP contribution is 1.96. The predicted octanol–water partition coefficient (Wildman–Crippen LogP) is -5.35. The van der Waals surface area contributed by atoms with E-state index >= 15 is 0 Å². The summed E-state index contributed by atoms with van der Waals surface area (Å²) in [4.78, 5) is 7.56. The number of quaternary nitrogens is 1. The van der Waals surface area contributed by atoms with Gasteiger partial charge in [-0.05, 0) is 27.4 Å². The molecule has 0 rings (SSSR count). The maximum atomic E-state index is 8.49. The van der Waals surface area contributed by atoms with Crippen molar-refractivity contribution in [2.45, 2.75) is 19.4 Å². The number of rotatable bonds is 5. The van der Waals surface area contributed by atoms with Crippen LogP contribution in [0.2, 0.25) is 0 Å². The van der Waals surface area contributed by atoms with Gasteiger partial charge in [-0.2, -0.15) is 5.06 Å². The van der Waals surface area contributed by atoms with Crippen LogP contribution in [-0.4, -0.2) is 45.7 Å². The van der Waals surface area contributed by atoms with Gasteiger partial charge < -0.3 is 4.90 Å². The highest BCUT2D eigenvalue weighted by atomic mass is 35.7. The first-order valence-corrected chi connectivity index (χ1v) is 5.98. The minimum atomic E-state index is -4.94. The summed E-state index contributed by atoms with van der Waals surface area (Å²) in [6, 6.07) is 0.606. The summed E-state index contributed by atoms with van der Waals surface area (Å²) in [6.45, 7) is 3.04. The van der Waals surface area contributed by atoms with Gasteiger partial charge >= 0.3 is 0 Å². The van der Waals surface area contributed by atoms with E-state index in [-0.39, 0.29) is 0 Å². The van der Waals surface area contributed by atoms with Crippen LogP contribution < -0.4 is 23.7 Å². The number of nitrogens with zero attached hydrogens (tertiary/aromatic N) is 1. The van der Waals surface area contributed by atoms with Crippen LogP contribution in [0.5, 0.6) is 0 Å². The zero-order valence-corrected chi connectivity index (χ0v) is 11.1. The Morgan fingerprint density at radius 2 is 1.56 bits per heavy atom. The first-order valence-electron chi connectivity index (χ1n) is 4.75. The molecule has 0 amide bonds. The molecule has 0 spiro atoms. The number of halogens is 1. The van der Waals surface area contributed by atoms with E-state index in [1.165, 1.54) is 0 Å². The van der Waals surface area contributed by atoms with Gasteiger partial charge in [0.2, 0.25) is 0 Å². The molecular formula is C8H21ClN2O5. The Bertz CT molecular complexity index is 157. The lowest BCUT2D eigenvalue weighted by atomic mass is 10.2. The summed E-state index contributed by atoms with van der Waals surface area (Å²) in [5.41, 5.74) is 0. The summed E-state index contributed by atoms with van der Waals surface area (Å²) in [6.07, 6.45) is 1.10. The molecule has 8 heteroatoms. The molecule has 7 nitrogen and oxygen atoms in total. The highest BCUT2D eigenvalue weighted by molar-refractivity contribution is 4.56. The summed E-state index contributed by atoms with van der Waals surface area (Å²) >= 11 is 0. The van der Waals surface area contributed by atoms with Crippen LogP contribution in [0.1, 0.15) is 13.3 Å².